The van der Waals surface area contributed by atoms with Crippen LogP contribution in [0.5, 0.6) is 0 Å². The van der Waals surface area contributed by atoms with E-state index in [-0.39, 0.29) is 31.1 Å². The third-order valence-corrected chi connectivity index (χ3v) is 13.1. The highest BCUT2D eigenvalue weighted by Gasteiger charge is 2.19. The summed E-state index contributed by atoms with van der Waals surface area (Å²) in [6, 6.07) is 0. The molecule has 0 spiro atoms. The molecule has 0 fully saturated rings. The molecule has 0 aromatic heterocycles. The fourth-order valence-electron chi connectivity index (χ4n) is 8.82. The van der Waals surface area contributed by atoms with Crippen molar-refractivity contribution in [1.82, 2.24) is 0 Å². The summed E-state index contributed by atoms with van der Waals surface area (Å²) in [7, 11) is 0. The van der Waals surface area contributed by atoms with Crippen LogP contribution in [0, 0.1) is 17.8 Å². The lowest BCUT2D eigenvalue weighted by atomic mass is 10.0. The van der Waals surface area contributed by atoms with Crippen LogP contribution in [0.15, 0.2) is 0 Å². The van der Waals surface area contributed by atoms with E-state index < -0.39 is 6.10 Å². The summed E-state index contributed by atoms with van der Waals surface area (Å²) in [4.78, 5) is 38.1. The van der Waals surface area contributed by atoms with Gasteiger partial charge in [-0.2, -0.15) is 0 Å². The first-order chi connectivity index (χ1) is 31.1. The zero-order chi connectivity index (χ0) is 47.0. The standard InChI is InChI=1S/C58H112O6/c1-52(2)44-38-32-26-20-15-13-11-9-7-8-10-12-14-16-23-29-35-41-47-56(59)62-50-55(64-58(61)49-43-37-31-25-19-22-28-34-40-46-54(5)6)51-63-57(60)48-42-36-30-24-18-17-21-27-33-39-45-53(3)4/h52-55H,7-51H2,1-6H3/t55-/m0/s1. The fraction of sp³-hybridized carbons (Fsp3) is 0.948. The van der Waals surface area contributed by atoms with Crippen molar-refractivity contribution in [1.29, 1.82) is 0 Å². The van der Waals surface area contributed by atoms with Crippen molar-refractivity contribution in [2.24, 2.45) is 17.8 Å². The molecule has 0 aromatic carbocycles. The van der Waals surface area contributed by atoms with Crippen molar-refractivity contribution in [3.05, 3.63) is 0 Å². The maximum Gasteiger partial charge on any atom is 0.306 e. The van der Waals surface area contributed by atoms with Crippen LogP contribution in [0.25, 0.3) is 0 Å². The van der Waals surface area contributed by atoms with Crippen molar-refractivity contribution >= 4 is 17.9 Å². The minimum atomic E-state index is -0.763. The molecule has 0 radical (unpaired) electrons. The SMILES string of the molecule is CC(C)CCCCCCCCCCCCCCCCCCCCC(=O)OC[C@@H](COC(=O)CCCCCCCCCCCCC(C)C)OC(=O)CCCCCCCCCCCC(C)C. The summed E-state index contributed by atoms with van der Waals surface area (Å²) in [6.07, 6.45) is 51.0. The van der Waals surface area contributed by atoms with Crippen LogP contribution < -0.4 is 0 Å². The highest BCUT2D eigenvalue weighted by atomic mass is 16.6. The van der Waals surface area contributed by atoms with Gasteiger partial charge in [0.25, 0.3) is 0 Å². The summed E-state index contributed by atoms with van der Waals surface area (Å²) in [5.74, 6) is 1.64. The van der Waals surface area contributed by atoms with Gasteiger partial charge in [-0.05, 0) is 37.0 Å². The van der Waals surface area contributed by atoms with E-state index >= 15 is 0 Å². The summed E-state index contributed by atoms with van der Waals surface area (Å²) in [5.41, 5.74) is 0. The maximum atomic E-state index is 12.8. The Hall–Kier alpha value is -1.59. The number of ether oxygens (including phenoxy) is 3. The molecule has 0 N–H and O–H groups in total. The number of carbonyl (C=O) groups excluding carboxylic acids is 3. The van der Waals surface area contributed by atoms with Crippen molar-refractivity contribution in [2.75, 3.05) is 13.2 Å². The Labute approximate surface area is 399 Å². The van der Waals surface area contributed by atoms with Gasteiger partial charge in [0.2, 0.25) is 0 Å². The normalized spacial score (nSPS) is 12.1. The molecule has 0 heterocycles. The van der Waals surface area contributed by atoms with Crippen LogP contribution >= 0.6 is 0 Å². The van der Waals surface area contributed by atoms with Crippen molar-refractivity contribution < 1.29 is 28.6 Å². The fourth-order valence-corrected chi connectivity index (χ4v) is 8.82. The van der Waals surface area contributed by atoms with Gasteiger partial charge in [0.05, 0.1) is 0 Å². The quantitative estimate of drug-likeness (QED) is 0.0344. The Morgan fingerprint density at radius 2 is 0.453 bits per heavy atom. The third-order valence-electron chi connectivity index (χ3n) is 13.1. The van der Waals surface area contributed by atoms with Gasteiger partial charge in [0.15, 0.2) is 6.10 Å². The second-order valence-electron chi connectivity index (χ2n) is 21.4. The van der Waals surface area contributed by atoms with Crippen LogP contribution in [0.2, 0.25) is 0 Å². The number of rotatable bonds is 51. The van der Waals surface area contributed by atoms with Gasteiger partial charge < -0.3 is 14.2 Å². The summed E-state index contributed by atoms with van der Waals surface area (Å²) in [5, 5.41) is 0. The third kappa shape index (κ3) is 51.4. The molecule has 0 aliphatic carbocycles. The van der Waals surface area contributed by atoms with Gasteiger partial charge in [0.1, 0.15) is 13.2 Å². The number of carbonyl (C=O) groups is 3. The van der Waals surface area contributed by atoms with Crippen molar-refractivity contribution in [3.63, 3.8) is 0 Å². The summed E-state index contributed by atoms with van der Waals surface area (Å²) >= 11 is 0. The summed E-state index contributed by atoms with van der Waals surface area (Å²) < 4.78 is 16.9. The molecule has 64 heavy (non-hydrogen) atoms. The van der Waals surface area contributed by atoms with E-state index in [1.165, 1.54) is 199 Å². The number of hydrogen-bond acceptors (Lipinski definition) is 6. The largest absolute Gasteiger partial charge is 0.462 e. The molecular formula is C58H112O6. The highest BCUT2D eigenvalue weighted by molar-refractivity contribution is 5.71. The molecule has 0 saturated carbocycles. The van der Waals surface area contributed by atoms with Crippen LogP contribution in [0.1, 0.15) is 318 Å². The Kier molecular flexibility index (Phi) is 48.1. The van der Waals surface area contributed by atoms with Crippen molar-refractivity contribution in [2.45, 2.75) is 324 Å². The number of hydrogen-bond donors (Lipinski definition) is 0. The van der Waals surface area contributed by atoms with E-state index in [1.807, 2.05) is 0 Å². The van der Waals surface area contributed by atoms with E-state index in [2.05, 4.69) is 41.5 Å². The molecule has 0 saturated heterocycles. The number of esters is 3. The second-order valence-corrected chi connectivity index (χ2v) is 21.4. The molecule has 0 aliphatic rings. The summed E-state index contributed by atoms with van der Waals surface area (Å²) in [6.45, 7) is 13.7. The lowest BCUT2D eigenvalue weighted by Crippen LogP contribution is -2.30. The molecule has 6 nitrogen and oxygen atoms in total. The van der Waals surface area contributed by atoms with Crippen LogP contribution in [0.4, 0.5) is 0 Å². The molecule has 0 bridgehead atoms. The second kappa shape index (κ2) is 49.3. The maximum absolute atomic E-state index is 12.8. The van der Waals surface area contributed by atoms with Crippen molar-refractivity contribution in [3.8, 4) is 0 Å². The predicted molar refractivity (Wildman–Crippen MR) is 275 cm³/mol. The van der Waals surface area contributed by atoms with E-state index in [1.54, 1.807) is 0 Å². The monoisotopic (exact) mass is 905 g/mol. The Morgan fingerprint density at radius 1 is 0.266 bits per heavy atom. The van der Waals surface area contributed by atoms with Gasteiger partial charge in [0, 0.05) is 19.3 Å². The van der Waals surface area contributed by atoms with Gasteiger partial charge in [-0.1, -0.05) is 279 Å². The van der Waals surface area contributed by atoms with E-state index in [0.717, 1.165) is 75.5 Å². The van der Waals surface area contributed by atoms with Crippen LogP contribution in [0.3, 0.4) is 0 Å². The average Bonchev–Trinajstić information content (AvgIpc) is 3.25. The zero-order valence-electron chi connectivity index (χ0n) is 44.1. The number of unbranched alkanes of at least 4 members (excludes halogenated alkanes) is 34. The first-order valence-corrected chi connectivity index (χ1v) is 28.6. The Bertz CT molecular complexity index is 991. The molecule has 1 atom stereocenters. The minimum absolute atomic E-state index is 0.0641. The van der Waals surface area contributed by atoms with Gasteiger partial charge in [-0.25, -0.2) is 0 Å². The predicted octanol–water partition coefficient (Wildman–Crippen LogP) is 18.7. The molecule has 0 amide bonds. The lowest BCUT2D eigenvalue weighted by Gasteiger charge is -2.18. The molecular weight excluding hydrogens is 793 g/mol. The van der Waals surface area contributed by atoms with Crippen LogP contribution in [-0.2, 0) is 28.6 Å². The van der Waals surface area contributed by atoms with Gasteiger partial charge in [-0.15, -0.1) is 0 Å². The van der Waals surface area contributed by atoms with E-state index in [4.69, 9.17) is 14.2 Å². The van der Waals surface area contributed by atoms with Gasteiger partial charge >= 0.3 is 17.9 Å². The van der Waals surface area contributed by atoms with Crippen LogP contribution in [-0.4, -0.2) is 37.2 Å². The lowest BCUT2D eigenvalue weighted by molar-refractivity contribution is -0.167. The topological polar surface area (TPSA) is 78.9 Å². The minimum Gasteiger partial charge on any atom is -0.462 e. The van der Waals surface area contributed by atoms with Gasteiger partial charge in [-0.3, -0.25) is 14.4 Å². The smallest absolute Gasteiger partial charge is 0.306 e. The zero-order valence-corrected chi connectivity index (χ0v) is 44.1. The molecule has 0 aromatic rings. The Balaban J connectivity index is 4.22. The molecule has 0 unspecified atom stereocenters. The Morgan fingerprint density at radius 3 is 0.672 bits per heavy atom. The van der Waals surface area contributed by atoms with E-state index in [9.17, 15) is 14.4 Å². The first kappa shape index (κ1) is 62.4. The molecule has 0 aliphatic heterocycles. The highest BCUT2D eigenvalue weighted by Crippen LogP contribution is 2.18. The first-order valence-electron chi connectivity index (χ1n) is 28.6. The molecule has 380 valence electrons. The molecule has 6 heteroatoms. The average molecular weight is 906 g/mol. The molecule has 0 rings (SSSR count). The van der Waals surface area contributed by atoms with E-state index in [0.29, 0.717) is 19.3 Å².